The molecule has 0 aliphatic carbocycles. The van der Waals surface area contributed by atoms with Gasteiger partial charge in [-0.2, -0.15) is 5.10 Å². The molecule has 6 heteroatoms. The Labute approximate surface area is 128 Å². The molecule has 1 heterocycles. The molecule has 0 saturated carbocycles. The van der Waals surface area contributed by atoms with Gasteiger partial charge in [-0.1, -0.05) is 13.8 Å². The van der Waals surface area contributed by atoms with Crippen molar-refractivity contribution >= 4 is 5.96 Å². The summed E-state index contributed by atoms with van der Waals surface area (Å²) in [5.74, 6) is 1.52. The molecule has 1 aromatic heterocycles. The number of aliphatic imine (C=N–C) groups is 1. The summed E-state index contributed by atoms with van der Waals surface area (Å²) < 4.78 is 7.45. The van der Waals surface area contributed by atoms with Crippen molar-refractivity contribution < 1.29 is 4.74 Å². The van der Waals surface area contributed by atoms with Gasteiger partial charge < -0.3 is 15.4 Å². The maximum Gasteiger partial charge on any atom is 0.191 e. The molecule has 1 aromatic rings. The molecule has 0 spiro atoms. The van der Waals surface area contributed by atoms with Crippen LogP contribution in [0.3, 0.4) is 0 Å². The predicted molar refractivity (Wildman–Crippen MR) is 86.5 cm³/mol. The minimum absolute atomic E-state index is 0.669. The smallest absolute Gasteiger partial charge is 0.191 e. The second kappa shape index (κ2) is 11.1. The average molecular weight is 295 g/mol. The number of rotatable bonds is 10. The summed E-state index contributed by atoms with van der Waals surface area (Å²) in [6.07, 6.45) is 4.84. The molecule has 21 heavy (non-hydrogen) atoms. The van der Waals surface area contributed by atoms with E-state index in [1.54, 1.807) is 6.20 Å². The fraction of sp³-hybridized carbons (Fsp3) is 0.733. The van der Waals surface area contributed by atoms with E-state index in [0.29, 0.717) is 19.1 Å². The summed E-state index contributed by atoms with van der Waals surface area (Å²) >= 11 is 0. The highest BCUT2D eigenvalue weighted by Gasteiger charge is 1.98. The molecular formula is C15H29N5O. The van der Waals surface area contributed by atoms with Gasteiger partial charge in [-0.15, -0.1) is 0 Å². The van der Waals surface area contributed by atoms with Crippen molar-refractivity contribution in [2.45, 2.75) is 33.7 Å². The Morgan fingerprint density at radius 2 is 2.19 bits per heavy atom. The molecule has 0 aromatic carbocycles. The van der Waals surface area contributed by atoms with Gasteiger partial charge in [0.2, 0.25) is 0 Å². The molecule has 0 saturated heterocycles. The molecule has 2 N–H and O–H groups in total. The van der Waals surface area contributed by atoms with Crippen LogP contribution >= 0.6 is 0 Å². The van der Waals surface area contributed by atoms with Gasteiger partial charge in [-0.05, 0) is 25.3 Å². The number of ether oxygens (including phenoxy) is 1. The van der Waals surface area contributed by atoms with Gasteiger partial charge in [0, 0.05) is 32.1 Å². The summed E-state index contributed by atoms with van der Waals surface area (Å²) in [6, 6.07) is 1.92. The van der Waals surface area contributed by atoms with Gasteiger partial charge in [0.1, 0.15) is 0 Å². The molecule has 0 radical (unpaired) electrons. The maximum atomic E-state index is 5.56. The average Bonchev–Trinajstić information content (AvgIpc) is 2.95. The fourth-order valence-corrected chi connectivity index (χ4v) is 1.71. The summed E-state index contributed by atoms with van der Waals surface area (Å²) in [7, 11) is 0. The largest absolute Gasteiger partial charge is 0.380 e. The molecule has 0 fully saturated rings. The zero-order valence-electron chi connectivity index (χ0n) is 13.5. The molecule has 0 aliphatic rings. The molecule has 0 atom stereocenters. The third-order valence-corrected chi connectivity index (χ3v) is 2.88. The Balaban J connectivity index is 2.16. The highest BCUT2D eigenvalue weighted by molar-refractivity contribution is 5.79. The first-order valence-electron chi connectivity index (χ1n) is 7.79. The van der Waals surface area contributed by atoms with Crippen LogP contribution in [0.4, 0.5) is 0 Å². The van der Waals surface area contributed by atoms with Crippen molar-refractivity contribution in [3.63, 3.8) is 0 Å². The molecule has 0 unspecified atom stereocenters. The van der Waals surface area contributed by atoms with Crippen molar-refractivity contribution in [3.05, 3.63) is 18.5 Å². The van der Waals surface area contributed by atoms with Crippen molar-refractivity contribution in [2.24, 2.45) is 10.9 Å². The van der Waals surface area contributed by atoms with Gasteiger partial charge in [0.25, 0.3) is 0 Å². The van der Waals surface area contributed by atoms with E-state index in [4.69, 9.17) is 4.74 Å². The first kappa shape index (κ1) is 17.5. The number of nitrogens with one attached hydrogen (secondary N) is 2. The number of hydrogen-bond donors (Lipinski definition) is 2. The van der Waals surface area contributed by atoms with E-state index in [-0.39, 0.29) is 0 Å². The van der Waals surface area contributed by atoms with Crippen LogP contribution in [-0.2, 0) is 11.3 Å². The minimum Gasteiger partial charge on any atom is -0.380 e. The van der Waals surface area contributed by atoms with E-state index in [0.717, 1.165) is 38.6 Å². The van der Waals surface area contributed by atoms with E-state index in [2.05, 4.69) is 41.5 Å². The Morgan fingerprint density at radius 1 is 1.33 bits per heavy atom. The monoisotopic (exact) mass is 295 g/mol. The summed E-state index contributed by atoms with van der Waals surface area (Å²) in [6.45, 7) is 11.1. The van der Waals surface area contributed by atoms with E-state index in [1.165, 1.54) is 0 Å². The van der Waals surface area contributed by atoms with E-state index in [9.17, 15) is 0 Å². The van der Waals surface area contributed by atoms with Crippen LogP contribution in [-0.4, -0.2) is 48.6 Å². The highest BCUT2D eigenvalue weighted by Crippen LogP contribution is 1.98. The van der Waals surface area contributed by atoms with Gasteiger partial charge in [0.15, 0.2) is 5.96 Å². The lowest BCUT2D eigenvalue weighted by molar-refractivity contribution is 0.130. The SMILES string of the molecule is CCNC(=NCCOCCC(C)C)NCCn1cccn1. The zero-order chi connectivity index (χ0) is 15.3. The molecule has 1 rings (SSSR count). The van der Waals surface area contributed by atoms with Crippen molar-refractivity contribution in [2.75, 3.05) is 32.8 Å². The molecule has 120 valence electrons. The maximum absolute atomic E-state index is 5.56. The lowest BCUT2D eigenvalue weighted by atomic mass is 10.1. The molecule has 0 aliphatic heterocycles. The quantitative estimate of drug-likeness (QED) is 0.390. The second-order valence-electron chi connectivity index (χ2n) is 5.25. The Bertz CT molecular complexity index is 375. The first-order valence-corrected chi connectivity index (χ1v) is 7.79. The van der Waals surface area contributed by atoms with Crippen LogP contribution in [0.25, 0.3) is 0 Å². The van der Waals surface area contributed by atoms with Gasteiger partial charge in [-0.25, -0.2) is 0 Å². The van der Waals surface area contributed by atoms with Gasteiger partial charge >= 0.3 is 0 Å². The third-order valence-electron chi connectivity index (χ3n) is 2.88. The molecule has 0 bridgehead atoms. The third kappa shape index (κ3) is 9.07. The standard InChI is InChI=1S/C15H29N5O/c1-4-16-15(17-8-11-20-10-5-7-19-20)18-9-13-21-12-6-14(2)3/h5,7,10,14H,4,6,8-9,11-13H2,1-3H3,(H2,16,17,18). The number of guanidine groups is 1. The lowest BCUT2D eigenvalue weighted by Crippen LogP contribution is -2.39. The zero-order valence-corrected chi connectivity index (χ0v) is 13.5. The summed E-state index contributed by atoms with van der Waals surface area (Å²) in [5, 5.41) is 10.7. The number of hydrogen-bond acceptors (Lipinski definition) is 3. The Kier molecular flexibility index (Phi) is 9.28. The summed E-state index contributed by atoms with van der Waals surface area (Å²) in [4.78, 5) is 4.49. The van der Waals surface area contributed by atoms with Crippen LogP contribution in [0.5, 0.6) is 0 Å². The van der Waals surface area contributed by atoms with Crippen molar-refractivity contribution in [3.8, 4) is 0 Å². The van der Waals surface area contributed by atoms with Crippen LogP contribution < -0.4 is 10.6 Å². The minimum atomic E-state index is 0.669. The van der Waals surface area contributed by atoms with Crippen molar-refractivity contribution in [1.29, 1.82) is 0 Å². The Hall–Kier alpha value is -1.56. The van der Waals surface area contributed by atoms with Crippen LogP contribution in [0, 0.1) is 5.92 Å². The van der Waals surface area contributed by atoms with Crippen LogP contribution in [0.1, 0.15) is 27.2 Å². The van der Waals surface area contributed by atoms with Crippen LogP contribution in [0.2, 0.25) is 0 Å². The molecule has 6 nitrogen and oxygen atoms in total. The van der Waals surface area contributed by atoms with Crippen molar-refractivity contribution in [1.82, 2.24) is 20.4 Å². The second-order valence-corrected chi connectivity index (χ2v) is 5.25. The first-order chi connectivity index (χ1) is 10.2. The van der Waals surface area contributed by atoms with Gasteiger partial charge in [0.05, 0.1) is 19.7 Å². The van der Waals surface area contributed by atoms with Crippen LogP contribution in [0.15, 0.2) is 23.5 Å². The molecular weight excluding hydrogens is 266 g/mol. The summed E-state index contributed by atoms with van der Waals surface area (Å²) in [5.41, 5.74) is 0. The normalized spacial score (nSPS) is 11.9. The topological polar surface area (TPSA) is 63.5 Å². The van der Waals surface area contributed by atoms with E-state index < -0.39 is 0 Å². The molecule has 0 amide bonds. The van der Waals surface area contributed by atoms with E-state index >= 15 is 0 Å². The highest BCUT2D eigenvalue weighted by atomic mass is 16.5. The number of aromatic nitrogens is 2. The van der Waals surface area contributed by atoms with E-state index in [1.807, 2.05) is 16.9 Å². The van der Waals surface area contributed by atoms with Gasteiger partial charge in [-0.3, -0.25) is 9.67 Å². The fourth-order valence-electron chi connectivity index (χ4n) is 1.71. The Morgan fingerprint density at radius 3 is 2.86 bits per heavy atom. The predicted octanol–water partition coefficient (Wildman–Crippen LogP) is 1.50. The lowest BCUT2D eigenvalue weighted by Gasteiger charge is -2.11. The number of nitrogens with zero attached hydrogens (tertiary/aromatic N) is 3.